The molecule has 0 radical (unpaired) electrons. The predicted molar refractivity (Wildman–Crippen MR) is 95.1 cm³/mol. The fraction of sp³-hybridized carbons (Fsp3) is 0.308. The van der Waals surface area contributed by atoms with Crippen LogP contribution in [-0.2, 0) is 6.42 Å². The number of guanidine groups is 1. The normalized spacial score (nSPS) is 10.6. The molecule has 0 bridgehead atoms. The molecule has 1 rings (SSSR count). The molecule has 0 aliphatic rings. The molecule has 0 aliphatic carbocycles. The molecule has 106 valence electrons. The number of hydrogen-bond acceptors (Lipinski definition) is 1. The number of rotatable bonds is 5. The lowest BCUT2D eigenvalue weighted by atomic mass is 10.1. The van der Waals surface area contributed by atoms with Crippen LogP contribution in [0.5, 0.6) is 0 Å². The zero-order chi connectivity index (χ0) is 13.4. The highest BCUT2D eigenvalue weighted by molar-refractivity contribution is 14.0. The smallest absolute Gasteiger partial charge is 0.191 e. The summed E-state index contributed by atoms with van der Waals surface area (Å²) in [5, 5.41) is 7.64. The van der Waals surface area contributed by atoms with Gasteiger partial charge in [0.2, 0.25) is 0 Å². The molecule has 6 heteroatoms. The lowest BCUT2D eigenvalue weighted by Gasteiger charge is -2.11. The van der Waals surface area contributed by atoms with Gasteiger partial charge in [0.15, 0.2) is 5.96 Å². The second-order valence-corrected chi connectivity index (χ2v) is 4.50. The van der Waals surface area contributed by atoms with Gasteiger partial charge in [0, 0.05) is 30.2 Å². The fourth-order valence-corrected chi connectivity index (χ4v) is 1.93. The van der Waals surface area contributed by atoms with E-state index < -0.39 is 0 Å². The fourth-order valence-electron chi connectivity index (χ4n) is 1.43. The molecule has 0 aromatic heterocycles. The number of nitrogens with zero attached hydrogens (tertiary/aromatic N) is 1. The topological polar surface area (TPSA) is 36.4 Å². The van der Waals surface area contributed by atoms with Crippen molar-refractivity contribution in [3.8, 4) is 0 Å². The quantitative estimate of drug-likeness (QED) is 0.335. The van der Waals surface area contributed by atoms with Crippen LogP contribution in [0.2, 0.25) is 10.0 Å². The molecule has 1 aromatic rings. The van der Waals surface area contributed by atoms with Crippen molar-refractivity contribution in [2.75, 3.05) is 20.1 Å². The van der Waals surface area contributed by atoms with E-state index in [1.54, 1.807) is 19.2 Å². The van der Waals surface area contributed by atoms with Gasteiger partial charge in [0.25, 0.3) is 0 Å². The molecule has 0 spiro atoms. The first-order valence-electron chi connectivity index (χ1n) is 5.66. The monoisotopic (exact) mass is 413 g/mol. The molecular weight excluding hydrogens is 396 g/mol. The van der Waals surface area contributed by atoms with E-state index >= 15 is 0 Å². The Labute approximate surface area is 141 Å². The van der Waals surface area contributed by atoms with Gasteiger partial charge in [-0.2, -0.15) is 0 Å². The van der Waals surface area contributed by atoms with E-state index in [4.69, 9.17) is 23.2 Å². The average molecular weight is 414 g/mol. The Kier molecular flexibility index (Phi) is 10.1. The van der Waals surface area contributed by atoms with Crippen molar-refractivity contribution in [2.45, 2.75) is 6.42 Å². The van der Waals surface area contributed by atoms with Crippen molar-refractivity contribution in [2.24, 2.45) is 4.99 Å². The molecule has 1 aromatic carbocycles. The van der Waals surface area contributed by atoms with Gasteiger partial charge in [0.1, 0.15) is 0 Å². The summed E-state index contributed by atoms with van der Waals surface area (Å²) in [7, 11) is 1.73. The van der Waals surface area contributed by atoms with Crippen molar-refractivity contribution in [3.05, 3.63) is 46.5 Å². The molecule has 0 amide bonds. The molecule has 0 saturated carbocycles. The van der Waals surface area contributed by atoms with Crippen LogP contribution in [0.3, 0.4) is 0 Å². The summed E-state index contributed by atoms with van der Waals surface area (Å²) in [6.45, 7) is 5.07. The van der Waals surface area contributed by atoms with Gasteiger partial charge in [-0.25, -0.2) is 0 Å². The van der Waals surface area contributed by atoms with Crippen LogP contribution in [-0.4, -0.2) is 26.1 Å². The Morgan fingerprint density at radius 1 is 1.37 bits per heavy atom. The van der Waals surface area contributed by atoms with Gasteiger partial charge in [-0.1, -0.05) is 35.3 Å². The predicted octanol–water partition coefficient (Wildman–Crippen LogP) is 3.50. The van der Waals surface area contributed by atoms with Gasteiger partial charge in [-0.05, 0) is 24.1 Å². The first-order chi connectivity index (χ1) is 8.67. The van der Waals surface area contributed by atoms with E-state index in [0.29, 0.717) is 16.6 Å². The van der Waals surface area contributed by atoms with Crippen molar-refractivity contribution in [3.63, 3.8) is 0 Å². The molecule has 0 aliphatic heterocycles. The minimum atomic E-state index is 0. The lowest BCUT2D eigenvalue weighted by Crippen LogP contribution is -2.38. The largest absolute Gasteiger partial charge is 0.356 e. The Morgan fingerprint density at radius 3 is 2.68 bits per heavy atom. The third-order valence-corrected chi connectivity index (χ3v) is 2.93. The zero-order valence-corrected chi connectivity index (χ0v) is 14.6. The van der Waals surface area contributed by atoms with Crippen LogP contribution < -0.4 is 10.6 Å². The van der Waals surface area contributed by atoms with Crippen LogP contribution in [0.1, 0.15) is 5.56 Å². The average Bonchev–Trinajstić information content (AvgIpc) is 2.36. The van der Waals surface area contributed by atoms with E-state index in [0.717, 1.165) is 24.5 Å². The molecule has 3 nitrogen and oxygen atoms in total. The van der Waals surface area contributed by atoms with E-state index in [1.807, 2.05) is 12.1 Å². The molecule has 0 heterocycles. The minimum absolute atomic E-state index is 0. The number of benzene rings is 1. The number of halogens is 3. The Bertz CT molecular complexity index is 436. The van der Waals surface area contributed by atoms with Gasteiger partial charge < -0.3 is 10.6 Å². The maximum atomic E-state index is 6.09. The van der Waals surface area contributed by atoms with Gasteiger partial charge >= 0.3 is 0 Å². The summed E-state index contributed by atoms with van der Waals surface area (Å²) < 4.78 is 0. The lowest BCUT2D eigenvalue weighted by molar-refractivity contribution is 0.822. The van der Waals surface area contributed by atoms with Crippen LogP contribution in [0.15, 0.2) is 35.8 Å². The van der Waals surface area contributed by atoms with E-state index in [2.05, 4.69) is 22.2 Å². The summed E-state index contributed by atoms with van der Waals surface area (Å²) in [6.07, 6.45) is 2.59. The molecule has 0 fully saturated rings. The Hall–Kier alpha value is -0.460. The van der Waals surface area contributed by atoms with E-state index in [9.17, 15) is 0 Å². The maximum absolute atomic E-state index is 6.09. The van der Waals surface area contributed by atoms with E-state index in [-0.39, 0.29) is 24.0 Å². The van der Waals surface area contributed by atoms with Crippen molar-refractivity contribution < 1.29 is 0 Å². The van der Waals surface area contributed by atoms with Crippen LogP contribution >= 0.6 is 47.2 Å². The third kappa shape index (κ3) is 7.03. The molecule has 2 N–H and O–H groups in total. The summed E-state index contributed by atoms with van der Waals surface area (Å²) in [6, 6.07) is 5.53. The van der Waals surface area contributed by atoms with Crippen LogP contribution in [0, 0.1) is 0 Å². The standard InChI is InChI=1S/C13H17Cl2N3.HI/c1-3-7-17-13(16-2)18-8-6-10-4-5-11(14)9-12(10)15;/h3-5,9H,1,6-8H2,2H3,(H2,16,17,18);1H. The summed E-state index contributed by atoms with van der Waals surface area (Å²) in [5.41, 5.74) is 1.06. The molecular formula is C13H18Cl2IN3. The highest BCUT2D eigenvalue weighted by Crippen LogP contribution is 2.20. The van der Waals surface area contributed by atoms with Crippen molar-refractivity contribution >= 4 is 53.1 Å². The molecule has 0 unspecified atom stereocenters. The summed E-state index contributed by atoms with van der Waals surface area (Å²) >= 11 is 11.9. The summed E-state index contributed by atoms with van der Waals surface area (Å²) in [4.78, 5) is 4.09. The number of hydrogen-bond donors (Lipinski definition) is 2. The minimum Gasteiger partial charge on any atom is -0.356 e. The second kappa shape index (κ2) is 10.3. The number of nitrogens with one attached hydrogen (secondary N) is 2. The first kappa shape index (κ1) is 18.5. The van der Waals surface area contributed by atoms with Gasteiger partial charge in [-0.15, -0.1) is 30.6 Å². The second-order valence-electron chi connectivity index (χ2n) is 3.65. The molecule has 0 atom stereocenters. The SMILES string of the molecule is C=CCNC(=NC)NCCc1ccc(Cl)cc1Cl.I. The van der Waals surface area contributed by atoms with E-state index in [1.165, 1.54) is 0 Å². The van der Waals surface area contributed by atoms with Gasteiger partial charge in [-0.3, -0.25) is 4.99 Å². The van der Waals surface area contributed by atoms with Crippen LogP contribution in [0.25, 0.3) is 0 Å². The van der Waals surface area contributed by atoms with Gasteiger partial charge in [0.05, 0.1) is 0 Å². The highest BCUT2D eigenvalue weighted by atomic mass is 127. The van der Waals surface area contributed by atoms with Crippen LogP contribution in [0.4, 0.5) is 0 Å². The molecule has 0 saturated heterocycles. The molecule has 19 heavy (non-hydrogen) atoms. The van der Waals surface area contributed by atoms with Crippen molar-refractivity contribution in [1.82, 2.24) is 10.6 Å². The maximum Gasteiger partial charge on any atom is 0.191 e. The first-order valence-corrected chi connectivity index (χ1v) is 6.42. The summed E-state index contributed by atoms with van der Waals surface area (Å²) in [5.74, 6) is 0.750. The highest BCUT2D eigenvalue weighted by Gasteiger charge is 2.01. The third-order valence-electron chi connectivity index (χ3n) is 2.34. The number of aliphatic imine (C=N–C) groups is 1. The Balaban J connectivity index is 0.00000324. The Morgan fingerprint density at radius 2 is 2.11 bits per heavy atom. The zero-order valence-electron chi connectivity index (χ0n) is 10.7. The van der Waals surface area contributed by atoms with Crippen molar-refractivity contribution in [1.29, 1.82) is 0 Å².